The summed E-state index contributed by atoms with van der Waals surface area (Å²) >= 11 is 0. The van der Waals surface area contributed by atoms with Crippen molar-refractivity contribution in [2.45, 2.75) is 0 Å². The Bertz CT molecular complexity index is 586. The lowest BCUT2D eigenvalue weighted by atomic mass is 10.6. The molecule has 0 rings (SSSR count). The zero-order valence-electron chi connectivity index (χ0n) is 27.3. The van der Waals surface area contributed by atoms with Crippen molar-refractivity contribution < 1.29 is 71.1 Å². The minimum atomic E-state index is -0.460. The summed E-state index contributed by atoms with van der Waals surface area (Å²) in [6, 6.07) is 0. The Morgan fingerprint density at radius 2 is 0.533 bits per heavy atom. The fourth-order valence-electron chi connectivity index (χ4n) is 2.92. The van der Waals surface area contributed by atoms with Gasteiger partial charge in [0.25, 0.3) is 0 Å². The topological polar surface area (TPSA) is 146 Å². The fraction of sp³-hybridized carbons (Fsp3) is 0.900. The molecule has 0 amide bonds. The van der Waals surface area contributed by atoms with E-state index in [9.17, 15) is 4.79 Å². The third-order valence-electron chi connectivity index (χ3n) is 5.16. The SMILES string of the molecule is C=CC(=O)OCCOCCOCCOCCOCCOCCOCCOCCOCCOCCOCCOCCOCCOC. The number of esters is 1. The summed E-state index contributed by atoms with van der Waals surface area (Å²) in [5, 5.41) is 0. The Hall–Kier alpha value is -1.31. The first kappa shape index (κ1) is 43.7. The van der Waals surface area contributed by atoms with Crippen molar-refractivity contribution in [3.05, 3.63) is 12.7 Å². The van der Waals surface area contributed by atoms with Crippen molar-refractivity contribution >= 4 is 5.97 Å². The van der Waals surface area contributed by atoms with Crippen molar-refractivity contribution in [3.8, 4) is 0 Å². The lowest BCUT2D eigenvalue weighted by Gasteiger charge is -2.09. The highest BCUT2D eigenvalue weighted by Gasteiger charge is 1.98. The second kappa shape index (κ2) is 40.7. The van der Waals surface area contributed by atoms with Crippen LogP contribution in [0.25, 0.3) is 0 Å². The molecule has 0 saturated heterocycles. The smallest absolute Gasteiger partial charge is 0.330 e. The number of hydrogen-bond donors (Lipinski definition) is 0. The fourth-order valence-corrected chi connectivity index (χ4v) is 2.92. The Labute approximate surface area is 268 Å². The average Bonchev–Trinajstić information content (AvgIpc) is 3.05. The summed E-state index contributed by atoms with van der Waals surface area (Å²) in [5.74, 6) is -0.460. The quantitative estimate of drug-likeness (QED) is 0.0513. The van der Waals surface area contributed by atoms with E-state index in [0.29, 0.717) is 165 Å². The average molecular weight is 659 g/mol. The molecule has 0 bridgehead atoms. The van der Waals surface area contributed by atoms with E-state index in [1.165, 1.54) is 0 Å². The molecule has 0 aromatic heterocycles. The van der Waals surface area contributed by atoms with Gasteiger partial charge in [-0.2, -0.15) is 0 Å². The van der Waals surface area contributed by atoms with Gasteiger partial charge in [0, 0.05) is 13.2 Å². The van der Waals surface area contributed by atoms with Gasteiger partial charge in [0.2, 0.25) is 0 Å². The van der Waals surface area contributed by atoms with Crippen molar-refractivity contribution in [2.24, 2.45) is 0 Å². The molecule has 15 heteroatoms. The third kappa shape index (κ3) is 40.7. The molecule has 0 spiro atoms. The standard InChI is InChI=1S/C30H58O15/c1-3-30(31)45-29-28-44-27-26-43-25-24-42-23-22-41-21-20-40-19-18-39-17-16-38-15-14-37-13-12-36-11-10-35-9-8-34-7-6-33-5-4-32-2/h3H,1,4-29H2,2H3. The molecule has 0 saturated carbocycles. The third-order valence-corrected chi connectivity index (χ3v) is 5.16. The van der Waals surface area contributed by atoms with Crippen LogP contribution in [0, 0.1) is 0 Å². The highest BCUT2D eigenvalue weighted by Crippen LogP contribution is 1.88. The summed E-state index contributed by atoms with van der Waals surface area (Å²) in [6.07, 6.45) is 1.11. The molecule has 0 aliphatic heterocycles. The molecule has 45 heavy (non-hydrogen) atoms. The van der Waals surface area contributed by atoms with Crippen LogP contribution in [0.3, 0.4) is 0 Å². The minimum Gasteiger partial charge on any atom is -0.460 e. The molecule has 0 fully saturated rings. The van der Waals surface area contributed by atoms with Crippen LogP contribution < -0.4 is 0 Å². The van der Waals surface area contributed by atoms with Crippen LogP contribution in [-0.2, 0) is 71.1 Å². The number of rotatable bonds is 40. The van der Waals surface area contributed by atoms with E-state index >= 15 is 0 Å². The van der Waals surface area contributed by atoms with Gasteiger partial charge in [0.05, 0.1) is 165 Å². The first-order chi connectivity index (χ1) is 22.3. The van der Waals surface area contributed by atoms with Gasteiger partial charge in [0.15, 0.2) is 0 Å². The first-order valence-corrected chi connectivity index (χ1v) is 15.5. The predicted molar refractivity (Wildman–Crippen MR) is 163 cm³/mol. The number of hydrogen-bond acceptors (Lipinski definition) is 15. The second-order valence-corrected chi connectivity index (χ2v) is 8.71. The summed E-state index contributed by atoms with van der Waals surface area (Å²) in [6.45, 7) is 15.9. The van der Waals surface area contributed by atoms with Crippen molar-refractivity contribution in [2.75, 3.05) is 179 Å². The number of carbonyl (C=O) groups excluding carboxylic acids is 1. The van der Waals surface area contributed by atoms with Gasteiger partial charge in [-0.15, -0.1) is 0 Å². The predicted octanol–water partition coefficient (Wildman–Crippen LogP) is 0.561. The molecule has 0 aliphatic rings. The highest BCUT2D eigenvalue weighted by molar-refractivity contribution is 5.81. The molecule has 0 unspecified atom stereocenters. The van der Waals surface area contributed by atoms with E-state index in [0.717, 1.165) is 6.08 Å². The van der Waals surface area contributed by atoms with E-state index in [4.69, 9.17) is 66.3 Å². The van der Waals surface area contributed by atoms with Gasteiger partial charge < -0.3 is 66.3 Å². The van der Waals surface area contributed by atoms with Crippen molar-refractivity contribution in [1.29, 1.82) is 0 Å². The van der Waals surface area contributed by atoms with E-state index < -0.39 is 5.97 Å². The molecule has 0 aromatic rings. The van der Waals surface area contributed by atoms with Crippen molar-refractivity contribution in [3.63, 3.8) is 0 Å². The maximum atomic E-state index is 10.8. The zero-order valence-corrected chi connectivity index (χ0v) is 27.3. The Kier molecular flexibility index (Phi) is 39.5. The van der Waals surface area contributed by atoms with Crippen LogP contribution >= 0.6 is 0 Å². The van der Waals surface area contributed by atoms with E-state index in [1.54, 1.807) is 7.11 Å². The van der Waals surface area contributed by atoms with Crippen LogP contribution in [0.4, 0.5) is 0 Å². The van der Waals surface area contributed by atoms with Gasteiger partial charge in [-0.1, -0.05) is 6.58 Å². The van der Waals surface area contributed by atoms with Crippen LogP contribution in [-0.4, -0.2) is 185 Å². The summed E-state index contributed by atoms with van der Waals surface area (Å²) in [4.78, 5) is 10.8. The second-order valence-electron chi connectivity index (χ2n) is 8.71. The molecule has 0 atom stereocenters. The lowest BCUT2D eigenvalue weighted by molar-refractivity contribution is -0.139. The monoisotopic (exact) mass is 658 g/mol. The molecule has 268 valence electrons. The van der Waals surface area contributed by atoms with Gasteiger partial charge >= 0.3 is 5.97 Å². The maximum absolute atomic E-state index is 10.8. The zero-order chi connectivity index (χ0) is 32.6. The molecule has 0 aromatic carbocycles. The summed E-state index contributed by atoms with van der Waals surface area (Å²) in [7, 11) is 1.64. The van der Waals surface area contributed by atoms with Crippen LogP contribution in [0.15, 0.2) is 12.7 Å². The lowest BCUT2D eigenvalue weighted by Crippen LogP contribution is -2.15. The van der Waals surface area contributed by atoms with E-state index in [2.05, 4.69) is 6.58 Å². The first-order valence-electron chi connectivity index (χ1n) is 15.5. The van der Waals surface area contributed by atoms with Crippen LogP contribution in [0.2, 0.25) is 0 Å². The molecular formula is C30H58O15. The molecule has 0 heterocycles. The van der Waals surface area contributed by atoms with Crippen LogP contribution in [0.1, 0.15) is 0 Å². The highest BCUT2D eigenvalue weighted by atomic mass is 16.6. The van der Waals surface area contributed by atoms with Gasteiger partial charge in [-0.25, -0.2) is 4.79 Å². The summed E-state index contributed by atoms with van der Waals surface area (Å²) in [5.41, 5.74) is 0. The molecule has 0 radical (unpaired) electrons. The van der Waals surface area contributed by atoms with Gasteiger partial charge in [0.1, 0.15) is 6.61 Å². The molecular weight excluding hydrogens is 600 g/mol. The van der Waals surface area contributed by atoms with Crippen LogP contribution in [0.5, 0.6) is 0 Å². The summed E-state index contributed by atoms with van der Waals surface area (Å²) < 4.78 is 74.6. The number of ether oxygens (including phenoxy) is 14. The molecule has 15 nitrogen and oxygen atoms in total. The Morgan fingerprint density at radius 3 is 0.711 bits per heavy atom. The number of methoxy groups -OCH3 is 1. The Balaban J connectivity index is 3.05. The molecule has 0 N–H and O–H groups in total. The van der Waals surface area contributed by atoms with E-state index in [-0.39, 0.29) is 6.61 Å². The molecule has 0 aliphatic carbocycles. The van der Waals surface area contributed by atoms with Gasteiger partial charge in [-0.05, 0) is 0 Å². The number of carbonyl (C=O) groups is 1. The maximum Gasteiger partial charge on any atom is 0.330 e. The normalized spacial score (nSPS) is 11.3. The minimum absolute atomic E-state index is 0.197. The Morgan fingerprint density at radius 1 is 0.356 bits per heavy atom. The van der Waals surface area contributed by atoms with E-state index in [1.807, 2.05) is 0 Å². The largest absolute Gasteiger partial charge is 0.460 e. The van der Waals surface area contributed by atoms with Gasteiger partial charge in [-0.3, -0.25) is 0 Å². The van der Waals surface area contributed by atoms with Crippen molar-refractivity contribution in [1.82, 2.24) is 0 Å².